The normalized spacial score (nSPS) is 11.5. The zero-order chi connectivity index (χ0) is 29.5. The number of imidazole rings is 1. The van der Waals surface area contributed by atoms with E-state index >= 15 is 0 Å². The summed E-state index contributed by atoms with van der Waals surface area (Å²) >= 11 is 12.8. The van der Waals surface area contributed by atoms with E-state index in [2.05, 4.69) is 46.3 Å². The topological polar surface area (TPSA) is 163 Å². The number of hydrogen-bond acceptors (Lipinski definition) is 7. The molecule has 0 spiro atoms. The number of benzene rings is 3. The standard InChI is InChI=1S/C28H25Cl2N9O3/c1-42-28(41)32-20-10-7-17(8-11-20)23-24(30)35-26(34-23)22(13-16-5-3-2-4-6-16)33-27(40)31-15-18-14-19(29)9-12-21(18)25-36-38-39-37-25/h2-12,14,22H,13,15H2,1H3,(H,32,41)(H,34,35)(H2,31,33,40)(H,36,37,38,39). The molecule has 14 heteroatoms. The lowest BCUT2D eigenvalue weighted by molar-refractivity contribution is 0.187. The molecule has 1 atom stereocenters. The van der Waals surface area contributed by atoms with Gasteiger partial charge in [0.25, 0.3) is 0 Å². The van der Waals surface area contributed by atoms with E-state index in [-0.39, 0.29) is 6.54 Å². The van der Waals surface area contributed by atoms with Crippen molar-refractivity contribution >= 4 is 41.0 Å². The van der Waals surface area contributed by atoms with Gasteiger partial charge in [-0.1, -0.05) is 65.7 Å². The summed E-state index contributed by atoms with van der Waals surface area (Å²) in [6.07, 6.45) is -0.123. The number of aromatic nitrogens is 6. The van der Waals surface area contributed by atoms with Gasteiger partial charge < -0.3 is 20.4 Å². The Kier molecular flexibility index (Phi) is 8.95. The Labute approximate surface area is 250 Å². The van der Waals surface area contributed by atoms with E-state index in [1.54, 1.807) is 42.5 Å². The van der Waals surface area contributed by atoms with Gasteiger partial charge in [-0.3, -0.25) is 5.32 Å². The van der Waals surface area contributed by atoms with Crippen LogP contribution >= 0.6 is 23.2 Å². The van der Waals surface area contributed by atoms with Crippen molar-refractivity contribution in [1.29, 1.82) is 0 Å². The largest absolute Gasteiger partial charge is 0.453 e. The predicted octanol–water partition coefficient (Wildman–Crippen LogP) is 5.53. The van der Waals surface area contributed by atoms with E-state index in [0.29, 0.717) is 50.8 Å². The molecule has 1 unspecified atom stereocenters. The maximum Gasteiger partial charge on any atom is 0.411 e. The zero-order valence-corrected chi connectivity index (χ0v) is 23.7. The van der Waals surface area contributed by atoms with Gasteiger partial charge in [0, 0.05) is 28.4 Å². The molecule has 0 saturated carbocycles. The van der Waals surface area contributed by atoms with Gasteiger partial charge >= 0.3 is 12.1 Å². The molecule has 0 bridgehead atoms. The first-order chi connectivity index (χ1) is 20.4. The van der Waals surface area contributed by atoms with Crippen molar-refractivity contribution in [3.63, 3.8) is 0 Å². The van der Waals surface area contributed by atoms with E-state index in [9.17, 15) is 9.59 Å². The van der Waals surface area contributed by atoms with E-state index < -0.39 is 18.2 Å². The lowest BCUT2D eigenvalue weighted by atomic mass is 10.1. The fourth-order valence-electron chi connectivity index (χ4n) is 4.26. The van der Waals surface area contributed by atoms with Gasteiger partial charge in [-0.25, -0.2) is 14.6 Å². The Morgan fingerprint density at radius 3 is 2.52 bits per heavy atom. The molecule has 5 aromatic rings. The van der Waals surface area contributed by atoms with Gasteiger partial charge in [0.15, 0.2) is 0 Å². The number of H-pyrrole nitrogens is 2. The molecular formula is C28H25Cl2N9O3. The highest BCUT2D eigenvalue weighted by atomic mass is 35.5. The molecule has 0 aliphatic rings. The lowest BCUT2D eigenvalue weighted by Crippen LogP contribution is -2.39. The van der Waals surface area contributed by atoms with Crippen molar-refractivity contribution in [2.24, 2.45) is 0 Å². The van der Waals surface area contributed by atoms with Crippen molar-refractivity contribution in [1.82, 2.24) is 41.2 Å². The first kappa shape index (κ1) is 28.6. The van der Waals surface area contributed by atoms with E-state index in [4.69, 9.17) is 28.2 Å². The van der Waals surface area contributed by atoms with Crippen LogP contribution < -0.4 is 16.0 Å². The number of hydrogen-bond donors (Lipinski definition) is 5. The van der Waals surface area contributed by atoms with Crippen molar-refractivity contribution in [2.75, 3.05) is 12.4 Å². The van der Waals surface area contributed by atoms with Crippen LogP contribution in [-0.4, -0.2) is 49.8 Å². The Morgan fingerprint density at radius 2 is 1.81 bits per heavy atom. The number of urea groups is 1. The van der Waals surface area contributed by atoms with Crippen molar-refractivity contribution < 1.29 is 14.3 Å². The molecule has 214 valence electrons. The highest BCUT2D eigenvalue weighted by molar-refractivity contribution is 6.32. The summed E-state index contributed by atoms with van der Waals surface area (Å²) in [4.78, 5) is 32.5. The van der Waals surface area contributed by atoms with E-state index in [1.165, 1.54) is 7.11 Å². The quantitative estimate of drug-likeness (QED) is 0.147. The summed E-state index contributed by atoms with van der Waals surface area (Å²) in [6, 6.07) is 20.9. The number of halogens is 2. The van der Waals surface area contributed by atoms with Crippen LogP contribution in [0.5, 0.6) is 0 Å². The van der Waals surface area contributed by atoms with Gasteiger partial charge in [-0.2, -0.15) is 5.21 Å². The minimum atomic E-state index is -0.572. The predicted molar refractivity (Wildman–Crippen MR) is 158 cm³/mol. The second-order valence-electron chi connectivity index (χ2n) is 9.08. The number of methoxy groups -OCH3 is 1. The van der Waals surface area contributed by atoms with Gasteiger partial charge in [0.2, 0.25) is 5.82 Å². The fourth-order valence-corrected chi connectivity index (χ4v) is 4.70. The zero-order valence-electron chi connectivity index (χ0n) is 22.2. The number of carbonyl (C=O) groups excluding carboxylic acids is 2. The number of rotatable bonds is 9. The molecule has 3 amide bonds. The summed E-state index contributed by atoms with van der Waals surface area (Å²) in [5.41, 5.74) is 4.16. The summed E-state index contributed by atoms with van der Waals surface area (Å²) in [7, 11) is 1.29. The molecule has 0 aliphatic carbocycles. The third kappa shape index (κ3) is 7.03. The van der Waals surface area contributed by atoms with Crippen LogP contribution in [0, 0.1) is 0 Å². The molecule has 5 N–H and O–H groups in total. The Bertz CT molecular complexity index is 1660. The van der Waals surface area contributed by atoms with Crippen LogP contribution in [0.4, 0.5) is 15.3 Å². The third-order valence-corrected chi connectivity index (χ3v) is 6.79. The second kappa shape index (κ2) is 13.1. The number of anilines is 1. The first-order valence-corrected chi connectivity index (χ1v) is 13.5. The fraction of sp³-hybridized carbons (Fsp3) is 0.143. The number of amides is 3. The average Bonchev–Trinajstić information content (AvgIpc) is 3.67. The third-order valence-electron chi connectivity index (χ3n) is 6.28. The molecular weight excluding hydrogens is 581 g/mol. The summed E-state index contributed by atoms with van der Waals surface area (Å²) in [5, 5.41) is 23.4. The minimum Gasteiger partial charge on any atom is -0.453 e. The number of nitrogens with zero attached hydrogens (tertiary/aromatic N) is 4. The molecule has 0 aliphatic heterocycles. The van der Waals surface area contributed by atoms with Gasteiger partial charge in [-0.05, 0) is 53.1 Å². The van der Waals surface area contributed by atoms with Crippen molar-refractivity contribution in [3.8, 4) is 22.6 Å². The maximum atomic E-state index is 13.2. The Hall–Kier alpha value is -4.94. The Morgan fingerprint density at radius 1 is 1.02 bits per heavy atom. The van der Waals surface area contributed by atoms with Gasteiger partial charge in [0.1, 0.15) is 16.7 Å². The molecule has 3 aromatic carbocycles. The molecule has 0 fully saturated rings. The van der Waals surface area contributed by atoms with Crippen LogP contribution in [-0.2, 0) is 17.7 Å². The van der Waals surface area contributed by atoms with Crippen LogP contribution in [0.15, 0.2) is 72.8 Å². The number of ether oxygens (including phenoxy) is 1. The van der Waals surface area contributed by atoms with Gasteiger partial charge in [0.05, 0.1) is 13.2 Å². The summed E-state index contributed by atoms with van der Waals surface area (Å²) < 4.78 is 4.63. The molecule has 0 saturated heterocycles. The lowest BCUT2D eigenvalue weighted by Gasteiger charge is -2.18. The van der Waals surface area contributed by atoms with Gasteiger partial charge in [-0.15, -0.1) is 10.2 Å². The molecule has 2 aromatic heterocycles. The molecule has 2 heterocycles. The van der Waals surface area contributed by atoms with Crippen LogP contribution in [0.1, 0.15) is 23.0 Å². The van der Waals surface area contributed by atoms with Crippen molar-refractivity contribution in [3.05, 3.63) is 99.9 Å². The number of carbonyl (C=O) groups is 2. The van der Waals surface area contributed by atoms with Crippen molar-refractivity contribution in [2.45, 2.75) is 19.0 Å². The highest BCUT2D eigenvalue weighted by Gasteiger charge is 2.22. The minimum absolute atomic E-state index is 0.157. The van der Waals surface area contributed by atoms with Crippen LogP contribution in [0.2, 0.25) is 10.2 Å². The molecule has 42 heavy (non-hydrogen) atoms. The first-order valence-electron chi connectivity index (χ1n) is 12.7. The Balaban J connectivity index is 1.34. The molecule has 5 rings (SSSR count). The number of tetrazole rings is 1. The summed E-state index contributed by atoms with van der Waals surface area (Å²) in [5.74, 6) is 0.860. The maximum absolute atomic E-state index is 13.2. The summed E-state index contributed by atoms with van der Waals surface area (Å²) in [6.45, 7) is 0.157. The van der Waals surface area contributed by atoms with E-state index in [0.717, 1.165) is 11.1 Å². The van der Waals surface area contributed by atoms with E-state index in [1.807, 2.05) is 30.3 Å². The smallest absolute Gasteiger partial charge is 0.411 e. The molecule has 0 radical (unpaired) electrons. The number of aromatic amines is 2. The van der Waals surface area contributed by atoms with Crippen LogP contribution in [0.3, 0.4) is 0 Å². The number of nitrogens with one attached hydrogen (secondary N) is 5. The SMILES string of the molecule is COC(=O)Nc1ccc(-c2nc(C(Cc3ccccc3)NC(=O)NCc3cc(Cl)ccc3-c3nn[nH]n3)[nH]c2Cl)cc1. The second-order valence-corrected chi connectivity index (χ2v) is 9.90. The average molecular weight is 606 g/mol. The molecule has 12 nitrogen and oxygen atoms in total. The van der Waals surface area contributed by atoms with Crippen LogP contribution in [0.25, 0.3) is 22.6 Å². The highest BCUT2D eigenvalue weighted by Crippen LogP contribution is 2.30. The monoisotopic (exact) mass is 605 g/mol.